The zero-order valence-electron chi connectivity index (χ0n) is 15.0. The number of nitrogens with zero attached hydrogens (tertiary/aromatic N) is 3. The largest absolute Gasteiger partial charge is 0.393 e. The zero-order valence-corrected chi connectivity index (χ0v) is 15.0. The van der Waals surface area contributed by atoms with E-state index in [2.05, 4.69) is 56.8 Å². The first kappa shape index (κ1) is 16.8. The number of nitrogens with one attached hydrogen (secondary N) is 2. The summed E-state index contributed by atoms with van der Waals surface area (Å²) in [6.07, 6.45) is 3.26. The van der Waals surface area contributed by atoms with Crippen LogP contribution >= 0.6 is 0 Å². The molecule has 2 aromatic heterocycles. The van der Waals surface area contributed by atoms with Crippen LogP contribution in [0, 0.1) is 6.92 Å². The quantitative estimate of drug-likeness (QED) is 0.495. The zero-order chi connectivity index (χ0) is 18.6. The molecule has 0 bridgehead atoms. The Bertz CT molecular complexity index is 1070. The summed E-state index contributed by atoms with van der Waals surface area (Å²) in [5.41, 5.74) is 10.9. The second kappa shape index (κ2) is 7.29. The summed E-state index contributed by atoms with van der Waals surface area (Å²) in [5, 5.41) is 7.61. The first-order valence-corrected chi connectivity index (χ1v) is 8.71. The molecule has 6 heteroatoms. The first-order chi connectivity index (χ1) is 13.2. The fourth-order valence-electron chi connectivity index (χ4n) is 2.86. The molecule has 0 aliphatic heterocycles. The minimum Gasteiger partial charge on any atom is -0.393 e. The second-order valence-corrected chi connectivity index (χ2v) is 6.33. The van der Waals surface area contributed by atoms with Gasteiger partial charge in [0.05, 0.1) is 11.2 Å². The Balaban J connectivity index is 1.57. The van der Waals surface area contributed by atoms with E-state index < -0.39 is 0 Å². The van der Waals surface area contributed by atoms with E-state index in [9.17, 15) is 0 Å². The third-order valence-electron chi connectivity index (χ3n) is 4.35. The molecule has 0 fully saturated rings. The van der Waals surface area contributed by atoms with Crippen LogP contribution < -0.4 is 16.4 Å². The van der Waals surface area contributed by atoms with Gasteiger partial charge in [0, 0.05) is 18.1 Å². The molecule has 0 amide bonds. The topological polar surface area (TPSA) is 88.8 Å². The molecule has 2 heterocycles. The minimum absolute atomic E-state index is 0.470. The molecule has 0 aliphatic carbocycles. The number of hydrogen-bond donors (Lipinski definition) is 3. The molecule has 0 radical (unpaired) electrons. The van der Waals surface area contributed by atoms with Crippen molar-refractivity contribution in [3.05, 3.63) is 78.2 Å². The summed E-state index contributed by atoms with van der Waals surface area (Å²) in [6.45, 7) is 2.70. The molecule has 0 aliphatic rings. The Kier molecular flexibility index (Phi) is 4.53. The van der Waals surface area contributed by atoms with E-state index in [4.69, 9.17) is 5.73 Å². The van der Waals surface area contributed by atoms with Gasteiger partial charge in [-0.3, -0.25) is 4.98 Å². The molecule has 4 aromatic rings. The summed E-state index contributed by atoms with van der Waals surface area (Å²) >= 11 is 0. The molecule has 0 unspecified atom stereocenters. The predicted octanol–water partition coefficient (Wildman–Crippen LogP) is 4.27. The van der Waals surface area contributed by atoms with Crippen molar-refractivity contribution in [1.82, 2.24) is 15.0 Å². The number of anilines is 4. The van der Waals surface area contributed by atoms with Crippen LogP contribution in [-0.2, 0) is 6.54 Å². The van der Waals surface area contributed by atoms with Gasteiger partial charge in [0.25, 0.3) is 0 Å². The average molecular weight is 356 g/mol. The van der Waals surface area contributed by atoms with Gasteiger partial charge < -0.3 is 16.4 Å². The SMILES string of the molecule is Cc1ccc(CNc2ncnc(Nc3cccc4cccnc34)c2N)cc1. The molecular weight excluding hydrogens is 336 g/mol. The Hall–Kier alpha value is -3.67. The highest BCUT2D eigenvalue weighted by Crippen LogP contribution is 2.29. The maximum atomic E-state index is 6.29. The van der Waals surface area contributed by atoms with Gasteiger partial charge in [-0.15, -0.1) is 0 Å². The van der Waals surface area contributed by atoms with Crippen LogP contribution in [0.1, 0.15) is 11.1 Å². The van der Waals surface area contributed by atoms with Crippen LogP contribution in [0.4, 0.5) is 23.0 Å². The maximum Gasteiger partial charge on any atom is 0.159 e. The number of aromatic nitrogens is 3. The highest BCUT2D eigenvalue weighted by molar-refractivity contribution is 5.93. The highest BCUT2D eigenvalue weighted by Gasteiger charge is 2.10. The molecule has 0 atom stereocenters. The number of pyridine rings is 1. The van der Waals surface area contributed by atoms with Gasteiger partial charge in [-0.2, -0.15) is 0 Å². The van der Waals surface area contributed by atoms with E-state index in [0.29, 0.717) is 23.9 Å². The van der Waals surface area contributed by atoms with Crippen molar-refractivity contribution in [1.29, 1.82) is 0 Å². The van der Waals surface area contributed by atoms with Gasteiger partial charge in [-0.25, -0.2) is 9.97 Å². The van der Waals surface area contributed by atoms with Crippen molar-refractivity contribution in [2.75, 3.05) is 16.4 Å². The lowest BCUT2D eigenvalue weighted by Gasteiger charge is -2.13. The predicted molar refractivity (Wildman–Crippen MR) is 110 cm³/mol. The van der Waals surface area contributed by atoms with Crippen LogP contribution in [-0.4, -0.2) is 15.0 Å². The van der Waals surface area contributed by atoms with Crippen molar-refractivity contribution < 1.29 is 0 Å². The molecule has 0 saturated carbocycles. The summed E-state index contributed by atoms with van der Waals surface area (Å²) in [7, 11) is 0. The Morgan fingerprint density at radius 1 is 0.889 bits per heavy atom. The number of nitrogen functional groups attached to an aromatic ring is 1. The summed E-state index contributed by atoms with van der Waals surface area (Å²) in [5.74, 6) is 1.15. The fourth-order valence-corrected chi connectivity index (χ4v) is 2.86. The second-order valence-electron chi connectivity index (χ2n) is 6.33. The van der Waals surface area contributed by atoms with Gasteiger partial charge in [-0.1, -0.05) is 48.0 Å². The number of fused-ring (bicyclic) bond motifs is 1. The van der Waals surface area contributed by atoms with Crippen molar-refractivity contribution >= 4 is 33.9 Å². The van der Waals surface area contributed by atoms with Crippen molar-refractivity contribution in [3.8, 4) is 0 Å². The highest BCUT2D eigenvalue weighted by atomic mass is 15.1. The summed E-state index contributed by atoms with van der Waals surface area (Å²) in [4.78, 5) is 13.0. The lowest BCUT2D eigenvalue weighted by molar-refractivity contribution is 1.08. The molecule has 27 heavy (non-hydrogen) atoms. The smallest absolute Gasteiger partial charge is 0.159 e. The summed E-state index contributed by atoms with van der Waals surface area (Å²) < 4.78 is 0. The van der Waals surface area contributed by atoms with Crippen molar-refractivity contribution in [3.63, 3.8) is 0 Å². The number of aryl methyl sites for hydroxylation is 1. The number of rotatable bonds is 5. The number of benzene rings is 2. The lowest BCUT2D eigenvalue weighted by Crippen LogP contribution is -2.08. The first-order valence-electron chi connectivity index (χ1n) is 8.71. The van der Waals surface area contributed by atoms with Gasteiger partial charge in [0.2, 0.25) is 0 Å². The van der Waals surface area contributed by atoms with Gasteiger partial charge in [0.15, 0.2) is 11.6 Å². The van der Waals surface area contributed by atoms with E-state index >= 15 is 0 Å². The standard InChI is InChI=1S/C21H20N6/c1-14-7-9-15(10-8-14)12-24-20-18(22)21(26-13-25-20)27-17-6-2-4-16-5-3-11-23-19(16)17/h2-11,13H,12,22H2,1H3,(H2,24,25,26,27). The van der Waals surface area contributed by atoms with E-state index in [1.807, 2.05) is 30.3 Å². The molecule has 0 saturated heterocycles. The molecular formula is C21H20N6. The fraction of sp³-hybridized carbons (Fsp3) is 0.0952. The van der Waals surface area contributed by atoms with Gasteiger partial charge in [0.1, 0.15) is 12.0 Å². The van der Waals surface area contributed by atoms with Crippen LogP contribution in [0.3, 0.4) is 0 Å². The molecule has 2 aromatic carbocycles. The van der Waals surface area contributed by atoms with Gasteiger partial charge >= 0.3 is 0 Å². The van der Waals surface area contributed by atoms with Crippen molar-refractivity contribution in [2.45, 2.75) is 13.5 Å². The van der Waals surface area contributed by atoms with Crippen LogP contribution in [0.15, 0.2) is 67.1 Å². The van der Waals surface area contributed by atoms with Gasteiger partial charge in [-0.05, 0) is 24.6 Å². The van der Waals surface area contributed by atoms with Crippen LogP contribution in [0.2, 0.25) is 0 Å². The molecule has 134 valence electrons. The number of nitrogens with two attached hydrogens (primary N) is 1. The number of hydrogen-bond acceptors (Lipinski definition) is 6. The molecule has 6 nitrogen and oxygen atoms in total. The van der Waals surface area contributed by atoms with Crippen LogP contribution in [0.25, 0.3) is 10.9 Å². The Morgan fingerprint density at radius 3 is 2.52 bits per heavy atom. The van der Waals surface area contributed by atoms with E-state index in [0.717, 1.165) is 22.2 Å². The monoisotopic (exact) mass is 356 g/mol. The Morgan fingerprint density at radius 2 is 1.67 bits per heavy atom. The molecule has 4 rings (SSSR count). The minimum atomic E-state index is 0.470. The third kappa shape index (κ3) is 3.64. The van der Waals surface area contributed by atoms with E-state index in [1.54, 1.807) is 6.20 Å². The maximum absolute atomic E-state index is 6.29. The van der Waals surface area contributed by atoms with Crippen LogP contribution in [0.5, 0.6) is 0 Å². The lowest BCUT2D eigenvalue weighted by atomic mass is 10.1. The average Bonchev–Trinajstić information content (AvgIpc) is 2.70. The molecule has 0 spiro atoms. The summed E-state index contributed by atoms with van der Waals surface area (Å²) in [6, 6.07) is 18.2. The normalized spacial score (nSPS) is 10.7. The van der Waals surface area contributed by atoms with E-state index in [1.165, 1.54) is 11.9 Å². The Labute approximate surface area is 157 Å². The third-order valence-corrected chi connectivity index (χ3v) is 4.35. The van der Waals surface area contributed by atoms with Crippen molar-refractivity contribution in [2.24, 2.45) is 0 Å². The number of para-hydroxylation sites is 1. The molecule has 4 N–H and O–H groups in total. The van der Waals surface area contributed by atoms with E-state index in [-0.39, 0.29) is 0 Å².